The zero-order valence-electron chi connectivity index (χ0n) is 9.52. The summed E-state index contributed by atoms with van der Waals surface area (Å²) in [6, 6.07) is 0. The number of carbonyl (C=O) groups excluding carboxylic acids is 2. The lowest BCUT2D eigenvalue weighted by Crippen LogP contribution is -2.53. The summed E-state index contributed by atoms with van der Waals surface area (Å²) >= 11 is 0. The molecule has 1 saturated heterocycles. The second-order valence-electron chi connectivity index (χ2n) is 4.54. The summed E-state index contributed by atoms with van der Waals surface area (Å²) in [5.41, 5.74) is 2.63. The second kappa shape index (κ2) is 5.30. The molecule has 1 aliphatic carbocycles. The molecule has 0 spiro atoms. The molecule has 1 aliphatic heterocycles. The fourth-order valence-corrected chi connectivity index (χ4v) is 2.56. The summed E-state index contributed by atoms with van der Waals surface area (Å²) in [5, 5.41) is 1.85. The number of nitrogens with one attached hydrogen (secondary N) is 1. The van der Waals surface area contributed by atoms with Gasteiger partial charge in [-0.05, 0) is 12.8 Å². The molecular weight excluding hydrogens is 206 g/mol. The van der Waals surface area contributed by atoms with Gasteiger partial charge in [0.25, 0.3) is 0 Å². The zero-order valence-corrected chi connectivity index (χ0v) is 9.52. The van der Waals surface area contributed by atoms with Gasteiger partial charge in [0.1, 0.15) is 0 Å². The van der Waals surface area contributed by atoms with E-state index in [9.17, 15) is 9.59 Å². The van der Waals surface area contributed by atoms with E-state index in [0.29, 0.717) is 12.3 Å². The summed E-state index contributed by atoms with van der Waals surface area (Å²) < 4.78 is 0. The third-order valence-corrected chi connectivity index (χ3v) is 3.53. The van der Waals surface area contributed by atoms with Crippen molar-refractivity contribution in [2.75, 3.05) is 26.2 Å². The van der Waals surface area contributed by atoms with E-state index in [1.165, 1.54) is 12.8 Å². The molecule has 2 aliphatic rings. The third-order valence-electron chi connectivity index (χ3n) is 3.53. The van der Waals surface area contributed by atoms with E-state index in [4.69, 9.17) is 0 Å². The fraction of sp³-hybridized carbons (Fsp3) is 0.818. The number of carbonyl (C=O) groups is 2. The standard InChI is InChI=1S/C11H19N3O2/c15-9-12-14-7-5-13(6-8-14)11(16)10-3-1-2-4-10/h9-10H,1-8H2,(H,12,15). The van der Waals surface area contributed by atoms with Crippen LogP contribution in [-0.4, -0.2) is 48.4 Å². The molecule has 0 radical (unpaired) electrons. The number of hydrazine groups is 1. The lowest BCUT2D eigenvalue weighted by Gasteiger charge is -2.35. The van der Waals surface area contributed by atoms with Crippen molar-refractivity contribution in [1.82, 2.24) is 15.3 Å². The molecule has 1 heterocycles. The molecule has 1 saturated carbocycles. The molecule has 2 fully saturated rings. The molecule has 90 valence electrons. The average Bonchev–Trinajstić information content (AvgIpc) is 2.83. The van der Waals surface area contributed by atoms with Gasteiger partial charge in [-0.2, -0.15) is 0 Å². The number of piperazine rings is 1. The molecule has 2 amide bonds. The minimum Gasteiger partial charge on any atom is -0.340 e. The molecule has 1 N–H and O–H groups in total. The van der Waals surface area contributed by atoms with Crippen LogP contribution in [0, 0.1) is 5.92 Å². The first kappa shape index (κ1) is 11.4. The molecule has 2 rings (SSSR count). The fourth-order valence-electron chi connectivity index (χ4n) is 2.56. The molecule has 0 atom stereocenters. The van der Waals surface area contributed by atoms with Crippen LogP contribution in [0.5, 0.6) is 0 Å². The Morgan fingerprint density at radius 1 is 1.12 bits per heavy atom. The van der Waals surface area contributed by atoms with Gasteiger partial charge >= 0.3 is 0 Å². The second-order valence-corrected chi connectivity index (χ2v) is 4.54. The first-order chi connectivity index (χ1) is 7.81. The molecule has 5 heteroatoms. The molecule has 0 aromatic carbocycles. The van der Waals surface area contributed by atoms with Gasteiger partial charge < -0.3 is 4.90 Å². The van der Waals surface area contributed by atoms with Crippen molar-refractivity contribution in [1.29, 1.82) is 0 Å². The Morgan fingerprint density at radius 3 is 2.31 bits per heavy atom. The van der Waals surface area contributed by atoms with Crippen LogP contribution in [0.2, 0.25) is 0 Å². The normalized spacial score (nSPS) is 23.4. The van der Waals surface area contributed by atoms with Crippen molar-refractivity contribution in [2.24, 2.45) is 5.92 Å². The van der Waals surface area contributed by atoms with Crippen LogP contribution in [0.15, 0.2) is 0 Å². The molecule has 5 nitrogen and oxygen atoms in total. The van der Waals surface area contributed by atoms with Crippen molar-refractivity contribution in [3.8, 4) is 0 Å². The van der Waals surface area contributed by atoms with E-state index < -0.39 is 0 Å². The van der Waals surface area contributed by atoms with Gasteiger partial charge in [0, 0.05) is 32.1 Å². The molecule has 16 heavy (non-hydrogen) atoms. The first-order valence-corrected chi connectivity index (χ1v) is 6.05. The highest BCUT2D eigenvalue weighted by atomic mass is 16.2. The smallest absolute Gasteiger partial charge is 0.225 e. The van der Waals surface area contributed by atoms with Crippen LogP contribution >= 0.6 is 0 Å². The summed E-state index contributed by atoms with van der Waals surface area (Å²) in [5.74, 6) is 0.592. The Labute approximate surface area is 95.7 Å². The Bertz CT molecular complexity index is 256. The van der Waals surface area contributed by atoms with Crippen LogP contribution in [0.4, 0.5) is 0 Å². The predicted octanol–water partition coefficient (Wildman–Crippen LogP) is -0.0182. The summed E-state index contributed by atoms with van der Waals surface area (Å²) in [6.07, 6.45) is 5.21. The predicted molar refractivity (Wildman–Crippen MR) is 59.3 cm³/mol. The first-order valence-electron chi connectivity index (χ1n) is 6.05. The van der Waals surface area contributed by atoms with Gasteiger partial charge in [-0.1, -0.05) is 12.8 Å². The lowest BCUT2D eigenvalue weighted by molar-refractivity contribution is -0.137. The number of amides is 2. The van der Waals surface area contributed by atoms with Gasteiger partial charge in [0.05, 0.1) is 0 Å². The van der Waals surface area contributed by atoms with Crippen LogP contribution in [0.1, 0.15) is 25.7 Å². The SMILES string of the molecule is O=CNN1CCN(C(=O)C2CCCC2)CC1. The number of rotatable bonds is 3. The Morgan fingerprint density at radius 2 is 1.75 bits per heavy atom. The molecule has 0 unspecified atom stereocenters. The molecule has 0 aromatic heterocycles. The summed E-state index contributed by atoms with van der Waals surface area (Å²) in [7, 11) is 0. The number of hydrogen-bond donors (Lipinski definition) is 1. The van der Waals surface area contributed by atoms with E-state index >= 15 is 0 Å². The largest absolute Gasteiger partial charge is 0.340 e. The number of hydrogen-bond acceptors (Lipinski definition) is 3. The Kier molecular flexibility index (Phi) is 3.77. The quantitative estimate of drug-likeness (QED) is 0.687. The molecular formula is C11H19N3O2. The van der Waals surface area contributed by atoms with Gasteiger partial charge in [-0.15, -0.1) is 0 Å². The maximum atomic E-state index is 12.1. The average molecular weight is 225 g/mol. The van der Waals surface area contributed by atoms with Crippen molar-refractivity contribution >= 4 is 12.3 Å². The van der Waals surface area contributed by atoms with E-state index in [1.54, 1.807) is 0 Å². The Hall–Kier alpha value is -1.10. The third kappa shape index (κ3) is 2.52. The Balaban J connectivity index is 1.79. The van der Waals surface area contributed by atoms with Gasteiger partial charge in [0.2, 0.25) is 12.3 Å². The van der Waals surface area contributed by atoms with Crippen LogP contribution < -0.4 is 5.43 Å². The van der Waals surface area contributed by atoms with Gasteiger partial charge in [0.15, 0.2) is 0 Å². The van der Waals surface area contributed by atoms with E-state index in [-0.39, 0.29) is 5.92 Å². The zero-order chi connectivity index (χ0) is 11.4. The van der Waals surface area contributed by atoms with Crippen LogP contribution in [-0.2, 0) is 9.59 Å². The minimum atomic E-state index is 0.269. The van der Waals surface area contributed by atoms with Gasteiger partial charge in [-0.3, -0.25) is 15.0 Å². The highest BCUT2D eigenvalue weighted by molar-refractivity contribution is 5.79. The van der Waals surface area contributed by atoms with Crippen molar-refractivity contribution < 1.29 is 9.59 Å². The highest BCUT2D eigenvalue weighted by Gasteiger charge is 2.29. The van der Waals surface area contributed by atoms with Crippen LogP contribution in [0.3, 0.4) is 0 Å². The monoisotopic (exact) mass is 225 g/mol. The summed E-state index contributed by atoms with van der Waals surface area (Å²) in [6.45, 7) is 2.93. The molecule has 0 bridgehead atoms. The molecule has 0 aromatic rings. The maximum absolute atomic E-state index is 12.1. The highest BCUT2D eigenvalue weighted by Crippen LogP contribution is 2.26. The van der Waals surface area contributed by atoms with E-state index in [1.807, 2.05) is 9.91 Å². The van der Waals surface area contributed by atoms with E-state index in [2.05, 4.69) is 5.43 Å². The van der Waals surface area contributed by atoms with Crippen LogP contribution in [0.25, 0.3) is 0 Å². The van der Waals surface area contributed by atoms with Crippen molar-refractivity contribution in [2.45, 2.75) is 25.7 Å². The van der Waals surface area contributed by atoms with E-state index in [0.717, 1.165) is 39.0 Å². The minimum absolute atomic E-state index is 0.269. The number of nitrogens with zero attached hydrogens (tertiary/aromatic N) is 2. The van der Waals surface area contributed by atoms with Crippen molar-refractivity contribution in [3.05, 3.63) is 0 Å². The van der Waals surface area contributed by atoms with Gasteiger partial charge in [-0.25, -0.2) is 5.01 Å². The lowest BCUT2D eigenvalue weighted by atomic mass is 10.1. The van der Waals surface area contributed by atoms with Crippen molar-refractivity contribution in [3.63, 3.8) is 0 Å². The topological polar surface area (TPSA) is 52.7 Å². The summed E-state index contributed by atoms with van der Waals surface area (Å²) in [4.78, 5) is 24.3. The maximum Gasteiger partial charge on any atom is 0.225 e.